The molecule has 1 amide bonds. The van der Waals surface area contributed by atoms with Gasteiger partial charge in [0.05, 0.1) is 23.4 Å². The van der Waals surface area contributed by atoms with Crippen LogP contribution in [0.3, 0.4) is 0 Å². The molecule has 1 aromatic heterocycles. The highest BCUT2D eigenvalue weighted by molar-refractivity contribution is 7.23. The first-order chi connectivity index (χ1) is 16.0. The van der Waals surface area contributed by atoms with E-state index < -0.39 is 0 Å². The van der Waals surface area contributed by atoms with Gasteiger partial charge in [0.1, 0.15) is 17.0 Å². The number of rotatable bonds is 12. The second kappa shape index (κ2) is 13.7. The van der Waals surface area contributed by atoms with Crippen LogP contribution in [-0.2, 0) is 0 Å². The van der Waals surface area contributed by atoms with Crippen molar-refractivity contribution in [1.29, 1.82) is 0 Å². The third-order valence-electron chi connectivity index (χ3n) is 5.55. The lowest BCUT2D eigenvalue weighted by molar-refractivity contribution is 0.0983. The molecular formula is C25H33Cl2N3O3S. The number of carbonyl (C=O) groups is 1. The number of fused-ring (bicyclic) bond motifs is 1. The van der Waals surface area contributed by atoms with Crippen molar-refractivity contribution < 1.29 is 14.3 Å². The molecule has 0 saturated heterocycles. The Bertz CT molecular complexity index is 1060. The topological polar surface area (TPSA) is 54.9 Å². The smallest absolute Gasteiger partial charge is 0.260 e. The number of methoxy groups -OCH3 is 1. The number of halogens is 2. The monoisotopic (exact) mass is 525 g/mol. The molecule has 34 heavy (non-hydrogen) atoms. The van der Waals surface area contributed by atoms with E-state index in [1.807, 2.05) is 24.3 Å². The van der Waals surface area contributed by atoms with E-state index in [0.29, 0.717) is 40.1 Å². The van der Waals surface area contributed by atoms with Crippen molar-refractivity contribution in [2.75, 3.05) is 44.8 Å². The van der Waals surface area contributed by atoms with Gasteiger partial charge < -0.3 is 14.4 Å². The second-order valence-corrected chi connectivity index (χ2v) is 9.02. The Hall–Kier alpha value is -2.06. The van der Waals surface area contributed by atoms with Crippen molar-refractivity contribution in [1.82, 2.24) is 9.88 Å². The number of benzene rings is 2. The van der Waals surface area contributed by atoms with Crippen LogP contribution >= 0.6 is 35.3 Å². The second-order valence-electron chi connectivity index (χ2n) is 7.63. The van der Waals surface area contributed by atoms with Crippen molar-refractivity contribution in [2.24, 2.45) is 0 Å². The van der Waals surface area contributed by atoms with Crippen LogP contribution in [0.15, 0.2) is 36.4 Å². The molecule has 1 heterocycles. The van der Waals surface area contributed by atoms with E-state index in [2.05, 4.69) is 25.7 Å². The van der Waals surface area contributed by atoms with Gasteiger partial charge >= 0.3 is 0 Å². The summed E-state index contributed by atoms with van der Waals surface area (Å²) in [6, 6.07) is 10.9. The maximum absolute atomic E-state index is 13.6. The number of anilines is 1. The Balaban J connectivity index is 0.00000408. The zero-order valence-electron chi connectivity index (χ0n) is 20.2. The fourth-order valence-corrected chi connectivity index (χ4v) is 4.75. The Kier molecular flexibility index (Phi) is 11.4. The van der Waals surface area contributed by atoms with E-state index in [4.69, 9.17) is 26.1 Å². The van der Waals surface area contributed by atoms with E-state index in [1.54, 1.807) is 24.1 Å². The number of ether oxygens (including phenoxy) is 2. The third kappa shape index (κ3) is 6.75. The maximum atomic E-state index is 13.6. The van der Waals surface area contributed by atoms with E-state index in [9.17, 15) is 4.79 Å². The van der Waals surface area contributed by atoms with Gasteiger partial charge in [0.15, 0.2) is 5.13 Å². The summed E-state index contributed by atoms with van der Waals surface area (Å²) < 4.78 is 12.0. The van der Waals surface area contributed by atoms with E-state index in [-0.39, 0.29) is 18.3 Å². The lowest BCUT2D eigenvalue weighted by atomic mass is 10.2. The Morgan fingerprint density at radius 3 is 2.38 bits per heavy atom. The number of nitrogens with zero attached hydrogens (tertiary/aromatic N) is 3. The molecule has 0 aliphatic heterocycles. The predicted molar refractivity (Wildman–Crippen MR) is 145 cm³/mol. The van der Waals surface area contributed by atoms with Gasteiger partial charge in [-0.2, -0.15) is 0 Å². The van der Waals surface area contributed by atoms with Crippen molar-refractivity contribution in [3.05, 3.63) is 47.0 Å². The third-order valence-corrected chi connectivity index (χ3v) is 7.08. The van der Waals surface area contributed by atoms with Gasteiger partial charge in [-0.15, -0.1) is 12.4 Å². The largest absolute Gasteiger partial charge is 0.494 e. The number of carbonyl (C=O) groups excluding carboxylic acids is 1. The first-order valence-corrected chi connectivity index (χ1v) is 12.6. The van der Waals surface area contributed by atoms with Gasteiger partial charge in [-0.3, -0.25) is 9.69 Å². The van der Waals surface area contributed by atoms with Crippen molar-refractivity contribution in [3.63, 3.8) is 0 Å². The van der Waals surface area contributed by atoms with Crippen LogP contribution in [0.4, 0.5) is 5.13 Å². The minimum absolute atomic E-state index is 0. The molecule has 0 saturated carbocycles. The molecule has 0 atom stereocenters. The fourth-order valence-electron chi connectivity index (χ4n) is 3.47. The van der Waals surface area contributed by atoms with Crippen LogP contribution in [-0.4, -0.2) is 55.7 Å². The Morgan fingerprint density at radius 2 is 1.76 bits per heavy atom. The Labute approximate surface area is 217 Å². The molecule has 9 heteroatoms. The van der Waals surface area contributed by atoms with Crippen molar-refractivity contribution >= 4 is 56.6 Å². The number of thiazole rings is 1. The van der Waals surface area contributed by atoms with Crippen LogP contribution in [0.1, 0.15) is 44.0 Å². The minimum Gasteiger partial charge on any atom is -0.494 e. The highest BCUT2D eigenvalue weighted by Crippen LogP contribution is 2.39. The summed E-state index contributed by atoms with van der Waals surface area (Å²) in [5.74, 6) is 1.31. The number of amides is 1. The number of hydrogen-bond donors (Lipinski definition) is 0. The molecule has 0 aliphatic carbocycles. The lowest BCUT2D eigenvalue weighted by Crippen LogP contribution is -2.38. The molecule has 0 bridgehead atoms. The number of likely N-dealkylation sites (N-methyl/N-ethyl adjacent to an activating group) is 1. The molecule has 0 fully saturated rings. The molecular weight excluding hydrogens is 493 g/mol. The summed E-state index contributed by atoms with van der Waals surface area (Å²) in [5.41, 5.74) is 1.26. The molecule has 0 spiro atoms. The van der Waals surface area contributed by atoms with Crippen molar-refractivity contribution in [3.8, 4) is 11.5 Å². The first kappa shape index (κ1) is 28.2. The summed E-state index contributed by atoms with van der Waals surface area (Å²) in [6.07, 6.45) is 2.08. The highest BCUT2D eigenvalue weighted by Gasteiger charge is 2.23. The molecule has 0 N–H and O–H groups in total. The molecule has 6 nitrogen and oxygen atoms in total. The van der Waals surface area contributed by atoms with Gasteiger partial charge in [0.2, 0.25) is 0 Å². The number of unbranched alkanes of at least 4 members (excludes halogenated alkanes) is 1. The molecule has 2 aromatic carbocycles. The van der Waals surface area contributed by atoms with Crippen LogP contribution in [0, 0.1) is 0 Å². The molecule has 0 radical (unpaired) electrons. The van der Waals surface area contributed by atoms with Crippen LogP contribution < -0.4 is 14.4 Å². The summed E-state index contributed by atoms with van der Waals surface area (Å²) in [7, 11) is 1.61. The predicted octanol–water partition coefficient (Wildman–Crippen LogP) is 6.55. The molecule has 186 valence electrons. The average Bonchev–Trinajstić information content (AvgIpc) is 3.28. The summed E-state index contributed by atoms with van der Waals surface area (Å²) >= 11 is 7.84. The normalized spacial score (nSPS) is 10.9. The number of hydrogen-bond acceptors (Lipinski definition) is 6. The van der Waals surface area contributed by atoms with E-state index in [1.165, 1.54) is 11.3 Å². The van der Waals surface area contributed by atoms with Crippen LogP contribution in [0.5, 0.6) is 11.5 Å². The lowest BCUT2D eigenvalue weighted by Gasteiger charge is -2.24. The van der Waals surface area contributed by atoms with E-state index >= 15 is 0 Å². The summed E-state index contributed by atoms with van der Waals surface area (Å²) in [6.45, 7) is 10.2. The number of aromatic nitrogens is 1. The maximum Gasteiger partial charge on any atom is 0.260 e. The van der Waals surface area contributed by atoms with E-state index in [0.717, 1.165) is 42.9 Å². The molecule has 3 aromatic rings. The average molecular weight is 527 g/mol. The van der Waals surface area contributed by atoms with Crippen LogP contribution in [0.2, 0.25) is 5.02 Å². The quantitative estimate of drug-likeness (QED) is 0.251. The molecule has 0 unspecified atom stereocenters. The molecule has 0 aliphatic rings. The van der Waals surface area contributed by atoms with Gasteiger partial charge in [-0.05, 0) is 55.9 Å². The van der Waals surface area contributed by atoms with Gasteiger partial charge in [-0.25, -0.2) is 4.98 Å². The zero-order valence-corrected chi connectivity index (χ0v) is 22.6. The first-order valence-electron chi connectivity index (χ1n) is 11.4. The standard InChI is InChI=1S/C25H32ClN3O3S.ClH/c1-5-8-17-32-19-11-9-18(10-12-19)24(30)29(16-15-28(6-2)7-3)25-27-22-21(31-4)14-13-20(26)23(22)33-25;/h9-14H,5-8,15-17H2,1-4H3;1H. The fraction of sp³-hybridized carbons (Fsp3) is 0.440. The minimum atomic E-state index is -0.101. The van der Waals surface area contributed by atoms with Gasteiger partial charge in [0.25, 0.3) is 5.91 Å². The summed E-state index contributed by atoms with van der Waals surface area (Å²) in [4.78, 5) is 22.4. The molecule has 3 rings (SSSR count). The highest BCUT2D eigenvalue weighted by atomic mass is 35.5. The Morgan fingerprint density at radius 1 is 1.06 bits per heavy atom. The SMILES string of the molecule is CCCCOc1ccc(C(=O)N(CCN(CC)CC)c2nc3c(OC)ccc(Cl)c3s2)cc1.Cl. The van der Waals surface area contributed by atoms with Crippen LogP contribution in [0.25, 0.3) is 10.2 Å². The van der Waals surface area contributed by atoms with Crippen molar-refractivity contribution in [2.45, 2.75) is 33.6 Å². The van der Waals surface area contributed by atoms with Gasteiger partial charge in [-0.1, -0.05) is 50.1 Å². The zero-order chi connectivity index (χ0) is 23.8. The summed E-state index contributed by atoms with van der Waals surface area (Å²) in [5, 5.41) is 1.20. The van der Waals surface area contributed by atoms with Gasteiger partial charge in [0, 0.05) is 18.7 Å².